The van der Waals surface area contributed by atoms with Gasteiger partial charge in [-0.3, -0.25) is 9.78 Å². The smallest absolute Gasteiger partial charge is 0.419 e. The summed E-state index contributed by atoms with van der Waals surface area (Å²) in [5, 5.41) is 12.4. The molecule has 0 atom stereocenters. The molecule has 0 aliphatic heterocycles. The van der Waals surface area contributed by atoms with E-state index in [-0.39, 0.29) is 54.4 Å². The van der Waals surface area contributed by atoms with Gasteiger partial charge in [0.15, 0.2) is 5.78 Å². The third kappa shape index (κ3) is 8.21. The van der Waals surface area contributed by atoms with E-state index in [1.165, 1.54) is 12.4 Å². The number of hydrogen-bond donors (Lipinski definition) is 1. The molecule has 0 fully saturated rings. The summed E-state index contributed by atoms with van der Waals surface area (Å²) in [6.45, 7) is 11.9. The summed E-state index contributed by atoms with van der Waals surface area (Å²) in [5.74, 6) is 0.547. The van der Waals surface area contributed by atoms with E-state index >= 15 is 0 Å². The fourth-order valence-electron chi connectivity index (χ4n) is 5.91. The van der Waals surface area contributed by atoms with Gasteiger partial charge >= 0.3 is 6.18 Å². The summed E-state index contributed by atoms with van der Waals surface area (Å²) in [5.41, 5.74) is 2.19. The number of allylic oxidation sites excluding steroid dienone is 2. The van der Waals surface area contributed by atoms with Crippen LogP contribution in [0.1, 0.15) is 70.1 Å². The van der Waals surface area contributed by atoms with Gasteiger partial charge in [-0.15, -0.1) is 34.9 Å². The van der Waals surface area contributed by atoms with Crippen LogP contribution in [0.25, 0.3) is 43.7 Å². The van der Waals surface area contributed by atoms with E-state index in [1.54, 1.807) is 18.2 Å². The first-order valence-electron chi connectivity index (χ1n) is 15.5. The number of benzene rings is 4. The van der Waals surface area contributed by atoms with E-state index in [4.69, 9.17) is 0 Å². The van der Waals surface area contributed by atoms with Crippen LogP contribution < -0.4 is 0 Å². The predicted molar refractivity (Wildman–Crippen MR) is 177 cm³/mol. The van der Waals surface area contributed by atoms with Crippen LogP contribution in [0.2, 0.25) is 0 Å². The molecule has 0 spiro atoms. The molecule has 0 amide bonds. The van der Waals surface area contributed by atoms with E-state index in [0.717, 1.165) is 47.6 Å². The maximum absolute atomic E-state index is 14.2. The topological polar surface area (TPSA) is 63.1 Å². The Balaban J connectivity index is 0.000000309. The third-order valence-electron chi connectivity index (χ3n) is 8.38. The van der Waals surface area contributed by atoms with Crippen molar-refractivity contribution in [1.82, 2.24) is 9.97 Å². The van der Waals surface area contributed by atoms with Crippen molar-refractivity contribution in [2.24, 2.45) is 11.8 Å². The molecule has 1 radical (unpaired) electrons. The fraction of sp³-hybridized carbons (Fsp3) is 0.342. The Morgan fingerprint density at radius 2 is 1.43 bits per heavy atom. The van der Waals surface area contributed by atoms with Gasteiger partial charge in [0, 0.05) is 38.0 Å². The molecule has 0 bridgehead atoms. The first-order chi connectivity index (χ1) is 21.4. The molecular formula is C38H40F3IrN2O2-. The largest absolute Gasteiger partial charge is 0.512 e. The number of alkyl halides is 3. The van der Waals surface area contributed by atoms with Crippen LogP contribution in [-0.4, -0.2) is 20.9 Å². The molecule has 0 unspecified atom stereocenters. The molecule has 4 nitrogen and oxygen atoms in total. The normalized spacial score (nSPS) is 12.0. The van der Waals surface area contributed by atoms with Gasteiger partial charge in [-0.2, -0.15) is 13.2 Å². The molecule has 1 N–H and O–H groups in total. The van der Waals surface area contributed by atoms with Gasteiger partial charge in [0.25, 0.3) is 0 Å². The molecule has 46 heavy (non-hydrogen) atoms. The van der Waals surface area contributed by atoms with Crippen molar-refractivity contribution in [3.8, 4) is 11.3 Å². The second-order valence-corrected chi connectivity index (χ2v) is 11.5. The molecule has 4 aromatic carbocycles. The van der Waals surface area contributed by atoms with Gasteiger partial charge < -0.3 is 5.11 Å². The van der Waals surface area contributed by atoms with Gasteiger partial charge in [0.1, 0.15) is 6.33 Å². The van der Waals surface area contributed by atoms with Crippen molar-refractivity contribution in [1.29, 1.82) is 0 Å². The van der Waals surface area contributed by atoms with E-state index in [2.05, 4.69) is 16.0 Å². The van der Waals surface area contributed by atoms with Crippen LogP contribution in [0.3, 0.4) is 0 Å². The number of hydrogen-bond acceptors (Lipinski definition) is 4. The molecule has 1 aromatic heterocycles. The van der Waals surface area contributed by atoms with Crippen molar-refractivity contribution in [2.45, 2.75) is 73.4 Å². The number of aliphatic hydroxyl groups is 1. The Bertz CT molecular complexity index is 1840. The van der Waals surface area contributed by atoms with Crippen LogP contribution in [0.4, 0.5) is 13.2 Å². The van der Waals surface area contributed by atoms with Crippen molar-refractivity contribution < 1.29 is 43.2 Å². The standard InChI is InChI=1S/C25H16F3N2.C13H24O2.Ir/c1-14-7-15(2)9-19(8-14)23-21-12-18-10-16-5-3-4-6-17(16)11-20(18)22(25(26,27)28)24(21)30-13-29-23;1-5-10(6-2)12(14)9-13(15)11(7-3)8-4;/h3-8,10-13H,1-2H3;9-11,14H,5-8H2,1-4H3;/q-1;;/b;12-9-;. The average molecular weight is 806 g/mol. The Kier molecular flexibility index (Phi) is 12.7. The van der Waals surface area contributed by atoms with E-state index in [9.17, 15) is 23.1 Å². The Morgan fingerprint density at radius 3 is 2.00 bits per heavy atom. The summed E-state index contributed by atoms with van der Waals surface area (Å²) < 4.78 is 42.7. The van der Waals surface area contributed by atoms with Crippen molar-refractivity contribution in [2.75, 3.05) is 0 Å². The maximum Gasteiger partial charge on any atom is 0.419 e. The van der Waals surface area contributed by atoms with E-state index in [0.29, 0.717) is 22.0 Å². The van der Waals surface area contributed by atoms with Crippen LogP contribution in [0, 0.1) is 31.7 Å². The van der Waals surface area contributed by atoms with Crippen LogP contribution in [0.5, 0.6) is 0 Å². The van der Waals surface area contributed by atoms with E-state index < -0.39 is 11.7 Å². The summed E-state index contributed by atoms with van der Waals surface area (Å²) in [6, 6.07) is 19.6. The number of nitrogens with zero attached hydrogens (tertiary/aromatic N) is 2. The number of aromatic nitrogens is 2. The third-order valence-corrected chi connectivity index (χ3v) is 8.38. The second kappa shape index (κ2) is 15.8. The zero-order valence-electron chi connectivity index (χ0n) is 27.1. The summed E-state index contributed by atoms with van der Waals surface area (Å²) >= 11 is 0. The minimum Gasteiger partial charge on any atom is -0.512 e. The SMILES string of the molecule is CCC(CC)C(=O)/C=C(\O)C(CC)CC.Cc1[c-]c(-c2ncnc3c(C(F)(F)F)c4cc5ccccc5cc4cc23)cc(C)c1.[Ir]. The van der Waals surface area contributed by atoms with Crippen LogP contribution in [-0.2, 0) is 31.1 Å². The molecule has 0 saturated carbocycles. The molecular weight excluding hydrogens is 766 g/mol. The summed E-state index contributed by atoms with van der Waals surface area (Å²) in [7, 11) is 0. The average Bonchev–Trinajstić information content (AvgIpc) is 2.99. The zero-order chi connectivity index (χ0) is 32.9. The van der Waals surface area contributed by atoms with Crippen LogP contribution >= 0.6 is 0 Å². The zero-order valence-corrected chi connectivity index (χ0v) is 29.4. The molecule has 5 aromatic rings. The molecule has 5 rings (SSSR count). The molecule has 0 saturated heterocycles. The number of carbonyl (C=O) groups excluding carboxylic acids is 1. The first kappa shape index (κ1) is 36.9. The monoisotopic (exact) mass is 806 g/mol. The molecule has 0 aliphatic carbocycles. The number of rotatable bonds is 8. The molecule has 1 heterocycles. The van der Waals surface area contributed by atoms with Gasteiger partial charge in [0.2, 0.25) is 0 Å². The Hall–Kier alpha value is -3.61. The van der Waals surface area contributed by atoms with Crippen molar-refractivity contribution in [3.05, 3.63) is 95.5 Å². The maximum atomic E-state index is 14.2. The van der Waals surface area contributed by atoms with E-state index in [1.807, 2.05) is 77.9 Å². The number of carbonyl (C=O) groups is 1. The molecule has 245 valence electrons. The number of ketones is 1. The van der Waals surface area contributed by atoms with Crippen LogP contribution in [0.15, 0.2) is 72.8 Å². The first-order valence-corrected chi connectivity index (χ1v) is 15.5. The second-order valence-electron chi connectivity index (χ2n) is 11.5. The van der Waals surface area contributed by atoms with Crippen molar-refractivity contribution >= 4 is 38.2 Å². The van der Waals surface area contributed by atoms with Gasteiger partial charge in [-0.25, -0.2) is 4.98 Å². The minimum absolute atomic E-state index is 0. The number of fused-ring (bicyclic) bond motifs is 3. The quantitative estimate of drug-likeness (QED) is 0.0734. The van der Waals surface area contributed by atoms with Crippen molar-refractivity contribution in [3.63, 3.8) is 0 Å². The summed E-state index contributed by atoms with van der Waals surface area (Å²) in [4.78, 5) is 20.1. The minimum atomic E-state index is -4.56. The van der Waals surface area contributed by atoms with Gasteiger partial charge in [-0.05, 0) is 70.4 Å². The van der Waals surface area contributed by atoms with Gasteiger partial charge in [0.05, 0.1) is 16.8 Å². The fourth-order valence-corrected chi connectivity index (χ4v) is 5.91. The number of aliphatic hydroxyl groups excluding tert-OH is 1. The van der Waals surface area contributed by atoms with Gasteiger partial charge in [-0.1, -0.05) is 71.9 Å². The Morgan fingerprint density at radius 1 is 0.848 bits per heavy atom. The molecule has 8 heteroatoms. The Labute approximate surface area is 282 Å². The number of aryl methyl sites for hydroxylation is 2. The number of halogens is 3. The predicted octanol–water partition coefficient (Wildman–Crippen LogP) is 10.9. The summed E-state index contributed by atoms with van der Waals surface area (Å²) in [6.07, 6.45) is 1.55. The molecule has 0 aliphatic rings.